The first kappa shape index (κ1) is 12.8. The maximum atomic E-state index is 11.8. The van der Waals surface area contributed by atoms with Gasteiger partial charge in [0.25, 0.3) is 0 Å². The molecule has 16 heavy (non-hydrogen) atoms. The Kier molecular flexibility index (Phi) is 3.74. The molecule has 0 saturated carbocycles. The molecule has 92 valence electrons. The van der Waals surface area contributed by atoms with Crippen LogP contribution in [-0.4, -0.2) is 48.3 Å². The van der Waals surface area contributed by atoms with E-state index in [4.69, 9.17) is 15.2 Å². The molecule has 0 aliphatic carbocycles. The molecule has 1 heterocycles. The summed E-state index contributed by atoms with van der Waals surface area (Å²) >= 11 is 0. The van der Waals surface area contributed by atoms with Crippen LogP contribution < -0.4 is 5.73 Å². The number of rotatable bonds is 1. The number of morpholine rings is 1. The molecular formula is C10H18N2O4. The van der Waals surface area contributed by atoms with Gasteiger partial charge in [0, 0.05) is 6.54 Å². The van der Waals surface area contributed by atoms with Gasteiger partial charge in [-0.05, 0) is 20.8 Å². The van der Waals surface area contributed by atoms with Gasteiger partial charge < -0.3 is 15.2 Å². The Morgan fingerprint density at radius 1 is 1.44 bits per heavy atom. The maximum absolute atomic E-state index is 11.8. The first-order chi connectivity index (χ1) is 7.31. The van der Waals surface area contributed by atoms with Crippen LogP contribution in [0.5, 0.6) is 0 Å². The number of primary amides is 1. The first-order valence-electron chi connectivity index (χ1n) is 5.18. The topological polar surface area (TPSA) is 81.9 Å². The van der Waals surface area contributed by atoms with Crippen molar-refractivity contribution in [2.24, 2.45) is 5.73 Å². The minimum atomic E-state index is -0.733. The van der Waals surface area contributed by atoms with Gasteiger partial charge >= 0.3 is 6.09 Å². The number of amides is 2. The average molecular weight is 230 g/mol. The molecule has 0 aromatic heterocycles. The predicted octanol–water partition coefficient (Wildman–Crippen LogP) is 0.108. The highest BCUT2D eigenvalue weighted by atomic mass is 16.6. The van der Waals surface area contributed by atoms with E-state index in [0.29, 0.717) is 13.2 Å². The summed E-state index contributed by atoms with van der Waals surface area (Å²) < 4.78 is 10.3. The van der Waals surface area contributed by atoms with Crippen molar-refractivity contribution in [3.8, 4) is 0 Å². The van der Waals surface area contributed by atoms with E-state index < -0.39 is 23.6 Å². The zero-order valence-corrected chi connectivity index (χ0v) is 9.86. The Morgan fingerprint density at radius 2 is 2.06 bits per heavy atom. The largest absolute Gasteiger partial charge is 0.444 e. The fourth-order valence-electron chi connectivity index (χ4n) is 1.38. The summed E-state index contributed by atoms with van der Waals surface area (Å²) in [7, 11) is 0. The summed E-state index contributed by atoms with van der Waals surface area (Å²) in [6, 6.07) is -0.733. The van der Waals surface area contributed by atoms with Gasteiger partial charge in [-0.3, -0.25) is 9.69 Å². The molecule has 1 saturated heterocycles. The molecule has 0 aromatic rings. The van der Waals surface area contributed by atoms with Crippen molar-refractivity contribution in [1.82, 2.24) is 4.90 Å². The highest BCUT2D eigenvalue weighted by Gasteiger charge is 2.34. The number of hydrogen-bond donors (Lipinski definition) is 1. The molecule has 2 N–H and O–H groups in total. The van der Waals surface area contributed by atoms with E-state index in [0.717, 1.165) is 0 Å². The molecule has 0 bridgehead atoms. The Labute approximate surface area is 94.7 Å². The standard InChI is InChI=1S/C10H18N2O4/c1-10(2,3)16-9(14)12-4-5-15-6-7(12)8(11)13/h7H,4-6H2,1-3H3,(H2,11,13). The Bertz CT molecular complexity index is 285. The van der Waals surface area contributed by atoms with Crippen molar-refractivity contribution in [3.63, 3.8) is 0 Å². The monoisotopic (exact) mass is 230 g/mol. The highest BCUT2D eigenvalue weighted by molar-refractivity contribution is 5.84. The Morgan fingerprint density at radius 3 is 2.56 bits per heavy atom. The van der Waals surface area contributed by atoms with Crippen molar-refractivity contribution in [3.05, 3.63) is 0 Å². The Balaban J connectivity index is 2.68. The minimum Gasteiger partial charge on any atom is -0.444 e. The Hall–Kier alpha value is -1.30. The number of ether oxygens (including phenoxy) is 2. The second kappa shape index (κ2) is 4.69. The second-order valence-electron chi connectivity index (χ2n) is 4.67. The smallest absolute Gasteiger partial charge is 0.411 e. The predicted molar refractivity (Wildman–Crippen MR) is 56.7 cm³/mol. The molecule has 6 heteroatoms. The molecule has 1 aliphatic rings. The van der Waals surface area contributed by atoms with Gasteiger partial charge in [0.15, 0.2) is 0 Å². The molecule has 1 rings (SSSR count). The number of carbonyl (C=O) groups is 2. The van der Waals surface area contributed by atoms with Gasteiger partial charge in [-0.15, -0.1) is 0 Å². The third-order valence-corrected chi connectivity index (χ3v) is 2.08. The van der Waals surface area contributed by atoms with Crippen LogP contribution in [-0.2, 0) is 14.3 Å². The van der Waals surface area contributed by atoms with Crippen LogP contribution in [0.3, 0.4) is 0 Å². The molecule has 0 spiro atoms. The van der Waals surface area contributed by atoms with Gasteiger partial charge in [-0.1, -0.05) is 0 Å². The fraction of sp³-hybridized carbons (Fsp3) is 0.800. The zero-order chi connectivity index (χ0) is 12.3. The van der Waals surface area contributed by atoms with Crippen LogP contribution in [0.25, 0.3) is 0 Å². The van der Waals surface area contributed by atoms with E-state index in [1.165, 1.54) is 4.90 Å². The summed E-state index contributed by atoms with van der Waals surface area (Å²) in [5.41, 5.74) is 4.61. The zero-order valence-electron chi connectivity index (χ0n) is 9.86. The lowest BCUT2D eigenvalue weighted by atomic mass is 10.2. The van der Waals surface area contributed by atoms with E-state index in [1.807, 2.05) is 0 Å². The summed E-state index contributed by atoms with van der Waals surface area (Å²) in [4.78, 5) is 24.2. The lowest BCUT2D eigenvalue weighted by molar-refractivity contribution is -0.129. The van der Waals surface area contributed by atoms with Gasteiger partial charge in [0.2, 0.25) is 5.91 Å². The van der Waals surface area contributed by atoms with Crippen molar-refractivity contribution in [2.45, 2.75) is 32.4 Å². The summed E-state index contributed by atoms with van der Waals surface area (Å²) in [5.74, 6) is -0.578. The van der Waals surface area contributed by atoms with Crippen LogP contribution >= 0.6 is 0 Å². The van der Waals surface area contributed by atoms with E-state index in [1.54, 1.807) is 20.8 Å². The molecule has 0 aromatic carbocycles. The van der Waals surface area contributed by atoms with Crippen LogP contribution in [0, 0.1) is 0 Å². The molecule has 2 amide bonds. The molecule has 0 radical (unpaired) electrons. The molecular weight excluding hydrogens is 212 g/mol. The van der Waals surface area contributed by atoms with Crippen molar-refractivity contribution in [2.75, 3.05) is 19.8 Å². The van der Waals surface area contributed by atoms with E-state index >= 15 is 0 Å². The minimum absolute atomic E-state index is 0.134. The number of nitrogens with two attached hydrogens (primary N) is 1. The van der Waals surface area contributed by atoms with E-state index in [-0.39, 0.29) is 6.61 Å². The van der Waals surface area contributed by atoms with E-state index in [2.05, 4.69) is 0 Å². The highest BCUT2D eigenvalue weighted by Crippen LogP contribution is 2.14. The molecule has 1 aliphatic heterocycles. The van der Waals surface area contributed by atoms with Crippen LogP contribution in [0.4, 0.5) is 4.79 Å². The van der Waals surface area contributed by atoms with Gasteiger partial charge in [0.05, 0.1) is 13.2 Å². The summed E-state index contributed by atoms with van der Waals surface area (Å²) in [6.45, 7) is 6.15. The van der Waals surface area contributed by atoms with Crippen LogP contribution in [0.15, 0.2) is 0 Å². The van der Waals surface area contributed by atoms with Gasteiger partial charge in [0.1, 0.15) is 11.6 Å². The van der Waals surface area contributed by atoms with E-state index in [9.17, 15) is 9.59 Å². The second-order valence-corrected chi connectivity index (χ2v) is 4.67. The third-order valence-electron chi connectivity index (χ3n) is 2.08. The van der Waals surface area contributed by atoms with Crippen molar-refractivity contribution >= 4 is 12.0 Å². The summed E-state index contributed by atoms with van der Waals surface area (Å²) in [6.07, 6.45) is -0.528. The lowest BCUT2D eigenvalue weighted by Gasteiger charge is -2.34. The normalized spacial score (nSPS) is 21.7. The SMILES string of the molecule is CC(C)(C)OC(=O)N1CCOCC1C(N)=O. The maximum Gasteiger partial charge on any atom is 0.411 e. The average Bonchev–Trinajstić information content (AvgIpc) is 2.15. The first-order valence-corrected chi connectivity index (χ1v) is 5.18. The van der Waals surface area contributed by atoms with Crippen LogP contribution in [0.1, 0.15) is 20.8 Å². The van der Waals surface area contributed by atoms with Crippen LogP contribution in [0.2, 0.25) is 0 Å². The third kappa shape index (κ3) is 3.37. The molecule has 1 unspecified atom stereocenters. The van der Waals surface area contributed by atoms with Gasteiger partial charge in [-0.25, -0.2) is 4.79 Å². The quantitative estimate of drug-likeness (QED) is 0.693. The fourth-order valence-corrected chi connectivity index (χ4v) is 1.38. The molecule has 6 nitrogen and oxygen atoms in total. The number of nitrogens with zero attached hydrogens (tertiary/aromatic N) is 1. The number of hydrogen-bond acceptors (Lipinski definition) is 4. The van der Waals surface area contributed by atoms with Crippen molar-refractivity contribution in [1.29, 1.82) is 0 Å². The lowest BCUT2D eigenvalue weighted by Crippen LogP contribution is -2.55. The van der Waals surface area contributed by atoms with Crippen molar-refractivity contribution < 1.29 is 19.1 Å². The van der Waals surface area contributed by atoms with Gasteiger partial charge in [-0.2, -0.15) is 0 Å². The number of carbonyl (C=O) groups excluding carboxylic acids is 2. The molecule has 1 fully saturated rings. The molecule has 1 atom stereocenters. The summed E-state index contributed by atoms with van der Waals surface area (Å²) in [5, 5.41) is 0.